The van der Waals surface area contributed by atoms with Gasteiger partial charge in [0, 0.05) is 6.42 Å². The molecule has 0 atom stereocenters. The quantitative estimate of drug-likeness (QED) is 0.317. The number of furan rings is 1. The van der Waals surface area contributed by atoms with Crippen molar-refractivity contribution in [3.63, 3.8) is 0 Å². The number of nitrogens with zero attached hydrogens (tertiary/aromatic N) is 1. The zero-order valence-electron chi connectivity index (χ0n) is 11.6. The highest BCUT2D eigenvalue weighted by molar-refractivity contribution is 5.98. The van der Waals surface area contributed by atoms with Gasteiger partial charge in [-0.05, 0) is 25.0 Å². The van der Waals surface area contributed by atoms with Crippen LogP contribution in [0.5, 0.6) is 0 Å². The van der Waals surface area contributed by atoms with Crippen molar-refractivity contribution in [2.75, 3.05) is 0 Å². The molecule has 6 heteroatoms. The van der Waals surface area contributed by atoms with Gasteiger partial charge in [-0.2, -0.15) is 0 Å². The maximum atomic E-state index is 12.1. The average molecular weight is 267 g/mol. The molecule has 1 rings (SSSR count). The van der Waals surface area contributed by atoms with Crippen LogP contribution >= 0.6 is 0 Å². The Morgan fingerprint density at radius 2 is 2.05 bits per heavy atom. The molecule has 1 aromatic rings. The van der Waals surface area contributed by atoms with E-state index in [1.165, 1.54) is 0 Å². The maximum Gasteiger partial charge on any atom is 0.287 e. The number of amides is 1. The standard InChI is InChI=1S/C13H21N3O3/c1-4-9-7-8-10(19-9)11(17)15-13(5-2,6-3)12(14)16-18/h7-8,18H,4-6H2,1-3H3,(H2,14,16)(H,15,17). The van der Waals surface area contributed by atoms with Gasteiger partial charge in [-0.25, -0.2) is 0 Å². The number of hydrogen-bond acceptors (Lipinski definition) is 4. The molecule has 0 unspecified atom stereocenters. The lowest BCUT2D eigenvalue weighted by Crippen LogP contribution is -2.56. The van der Waals surface area contributed by atoms with Gasteiger partial charge in [0.1, 0.15) is 11.3 Å². The Kier molecular flexibility index (Phi) is 4.97. The van der Waals surface area contributed by atoms with Crippen LogP contribution in [0.4, 0.5) is 0 Å². The molecule has 4 N–H and O–H groups in total. The molecule has 106 valence electrons. The second-order valence-corrected chi connectivity index (χ2v) is 4.35. The first-order valence-electron chi connectivity index (χ1n) is 6.42. The van der Waals surface area contributed by atoms with Crippen molar-refractivity contribution >= 4 is 11.7 Å². The molecule has 1 aromatic heterocycles. The average Bonchev–Trinajstić information content (AvgIpc) is 2.92. The van der Waals surface area contributed by atoms with E-state index in [1.54, 1.807) is 12.1 Å². The summed E-state index contributed by atoms with van der Waals surface area (Å²) >= 11 is 0. The van der Waals surface area contributed by atoms with Gasteiger partial charge in [-0.15, -0.1) is 0 Å². The third-order valence-corrected chi connectivity index (χ3v) is 3.39. The Hall–Kier alpha value is -1.98. The lowest BCUT2D eigenvalue weighted by molar-refractivity contribution is 0.0887. The van der Waals surface area contributed by atoms with E-state index < -0.39 is 5.54 Å². The van der Waals surface area contributed by atoms with Crippen molar-refractivity contribution < 1.29 is 14.4 Å². The van der Waals surface area contributed by atoms with E-state index in [0.29, 0.717) is 12.8 Å². The largest absolute Gasteiger partial charge is 0.456 e. The summed E-state index contributed by atoms with van der Waals surface area (Å²) < 4.78 is 5.39. The predicted molar refractivity (Wildman–Crippen MR) is 72.3 cm³/mol. The Morgan fingerprint density at radius 3 is 2.47 bits per heavy atom. The van der Waals surface area contributed by atoms with Crippen LogP contribution in [0, 0.1) is 0 Å². The first kappa shape index (κ1) is 15.1. The normalized spacial score (nSPS) is 12.5. The van der Waals surface area contributed by atoms with Crippen molar-refractivity contribution in [3.05, 3.63) is 23.7 Å². The van der Waals surface area contributed by atoms with Crippen molar-refractivity contribution in [2.24, 2.45) is 10.9 Å². The molecule has 0 bridgehead atoms. The third kappa shape index (κ3) is 3.07. The van der Waals surface area contributed by atoms with Crippen LogP contribution in [0.1, 0.15) is 49.9 Å². The second kappa shape index (κ2) is 6.26. The number of nitrogens with two attached hydrogens (primary N) is 1. The van der Waals surface area contributed by atoms with Crippen molar-refractivity contribution in [2.45, 2.75) is 45.6 Å². The van der Waals surface area contributed by atoms with Crippen LogP contribution in [0.3, 0.4) is 0 Å². The van der Waals surface area contributed by atoms with Crippen LogP contribution in [-0.4, -0.2) is 22.5 Å². The smallest absolute Gasteiger partial charge is 0.287 e. The number of aryl methyl sites for hydroxylation is 1. The fraction of sp³-hybridized carbons (Fsp3) is 0.538. The first-order chi connectivity index (χ1) is 9.02. The molecule has 0 saturated heterocycles. The molecule has 0 aliphatic heterocycles. The van der Waals surface area contributed by atoms with Crippen LogP contribution in [0.2, 0.25) is 0 Å². The van der Waals surface area contributed by atoms with Gasteiger partial charge < -0.3 is 20.7 Å². The lowest BCUT2D eigenvalue weighted by Gasteiger charge is -2.30. The van der Waals surface area contributed by atoms with E-state index in [1.807, 2.05) is 20.8 Å². The zero-order chi connectivity index (χ0) is 14.5. The van der Waals surface area contributed by atoms with Crippen molar-refractivity contribution in [1.82, 2.24) is 5.32 Å². The van der Waals surface area contributed by atoms with Gasteiger partial charge in [-0.1, -0.05) is 25.9 Å². The number of rotatable bonds is 6. The Labute approximate surface area is 112 Å². The molecular formula is C13H21N3O3. The second-order valence-electron chi connectivity index (χ2n) is 4.35. The summed E-state index contributed by atoms with van der Waals surface area (Å²) in [4.78, 5) is 12.1. The zero-order valence-corrected chi connectivity index (χ0v) is 11.6. The Balaban J connectivity index is 2.94. The van der Waals surface area contributed by atoms with Gasteiger partial charge in [0.05, 0.1) is 0 Å². The monoisotopic (exact) mass is 267 g/mol. The summed E-state index contributed by atoms with van der Waals surface area (Å²) in [5.74, 6) is 0.601. The third-order valence-electron chi connectivity index (χ3n) is 3.39. The van der Waals surface area contributed by atoms with Crippen molar-refractivity contribution in [3.8, 4) is 0 Å². The molecule has 0 aliphatic carbocycles. The van der Waals surface area contributed by atoms with Crippen LogP contribution < -0.4 is 11.1 Å². The lowest BCUT2D eigenvalue weighted by atomic mass is 9.91. The van der Waals surface area contributed by atoms with Crippen LogP contribution in [0.25, 0.3) is 0 Å². The van der Waals surface area contributed by atoms with Gasteiger partial charge in [0.25, 0.3) is 5.91 Å². The number of carbonyl (C=O) groups is 1. The molecule has 1 heterocycles. The van der Waals surface area contributed by atoms with E-state index in [2.05, 4.69) is 10.5 Å². The minimum Gasteiger partial charge on any atom is -0.456 e. The summed E-state index contributed by atoms with van der Waals surface area (Å²) in [5.41, 5.74) is 4.83. The molecule has 0 aromatic carbocycles. The van der Waals surface area contributed by atoms with Crippen LogP contribution in [0.15, 0.2) is 21.7 Å². The number of nitrogens with one attached hydrogen (secondary N) is 1. The first-order valence-corrected chi connectivity index (χ1v) is 6.42. The topological polar surface area (TPSA) is 101 Å². The highest BCUT2D eigenvalue weighted by Gasteiger charge is 2.34. The highest BCUT2D eigenvalue weighted by Crippen LogP contribution is 2.17. The minimum atomic E-state index is -0.856. The van der Waals surface area contributed by atoms with Gasteiger partial charge in [-0.3, -0.25) is 4.79 Å². The Bertz CT molecular complexity index is 461. The molecular weight excluding hydrogens is 246 g/mol. The van der Waals surface area contributed by atoms with E-state index in [-0.39, 0.29) is 17.5 Å². The van der Waals surface area contributed by atoms with Gasteiger partial charge in [0.2, 0.25) is 0 Å². The Morgan fingerprint density at radius 1 is 1.42 bits per heavy atom. The summed E-state index contributed by atoms with van der Waals surface area (Å²) in [6.07, 6.45) is 1.76. The number of amidine groups is 1. The van der Waals surface area contributed by atoms with Gasteiger partial charge >= 0.3 is 0 Å². The molecule has 1 amide bonds. The molecule has 0 spiro atoms. The molecule has 0 saturated carbocycles. The number of hydrogen-bond donors (Lipinski definition) is 3. The predicted octanol–water partition coefficient (Wildman–Crippen LogP) is 1.88. The maximum absolute atomic E-state index is 12.1. The summed E-state index contributed by atoms with van der Waals surface area (Å²) in [7, 11) is 0. The molecule has 0 fully saturated rings. The van der Waals surface area contributed by atoms with Crippen LogP contribution in [-0.2, 0) is 6.42 Å². The summed E-state index contributed by atoms with van der Waals surface area (Å²) in [5, 5.41) is 14.7. The van der Waals surface area contributed by atoms with E-state index in [0.717, 1.165) is 12.2 Å². The highest BCUT2D eigenvalue weighted by atomic mass is 16.4. The van der Waals surface area contributed by atoms with Crippen molar-refractivity contribution in [1.29, 1.82) is 0 Å². The number of carbonyl (C=O) groups excluding carboxylic acids is 1. The molecule has 6 nitrogen and oxygen atoms in total. The van der Waals surface area contributed by atoms with E-state index >= 15 is 0 Å². The molecule has 19 heavy (non-hydrogen) atoms. The summed E-state index contributed by atoms with van der Waals surface area (Å²) in [6.45, 7) is 5.67. The van der Waals surface area contributed by atoms with E-state index in [4.69, 9.17) is 15.4 Å². The van der Waals surface area contributed by atoms with Gasteiger partial charge in [0.15, 0.2) is 11.6 Å². The molecule has 0 radical (unpaired) electrons. The minimum absolute atomic E-state index is 0.00637. The number of oxime groups is 1. The summed E-state index contributed by atoms with van der Waals surface area (Å²) in [6, 6.07) is 3.38. The fourth-order valence-corrected chi connectivity index (χ4v) is 1.92. The SMILES string of the molecule is CCc1ccc(C(=O)NC(CC)(CC)C(N)=NO)o1. The van der Waals surface area contributed by atoms with E-state index in [9.17, 15) is 4.79 Å². The fourth-order valence-electron chi connectivity index (χ4n) is 1.92. The molecule has 0 aliphatic rings.